The minimum absolute atomic E-state index is 0.184. The number of rotatable bonds is 4. The molecule has 0 spiro atoms. The number of nitrogens with zero attached hydrogens (tertiary/aromatic N) is 6. The molecule has 0 amide bonds. The molecule has 9 heteroatoms. The van der Waals surface area contributed by atoms with Gasteiger partial charge in [-0.2, -0.15) is 14.6 Å². The lowest BCUT2D eigenvalue weighted by Gasteiger charge is -2.30. The van der Waals surface area contributed by atoms with E-state index in [1.165, 1.54) is 12.8 Å². The van der Waals surface area contributed by atoms with Gasteiger partial charge in [0.15, 0.2) is 5.65 Å². The molecule has 5 heterocycles. The molecule has 2 saturated heterocycles. The fourth-order valence-electron chi connectivity index (χ4n) is 4.35. The molecule has 3 aromatic rings. The predicted octanol–water partition coefficient (Wildman–Crippen LogP) is 2.03. The van der Waals surface area contributed by atoms with E-state index in [0.717, 1.165) is 41.5 Å². The third-order valence-corrected chi connectivity index (χ3v) is 6.03. The minimum Gasteiger partial charge on any atom is -0.363 e. The number of H-pyrrole nitrogens is 1. The highest BCUT2D eigenvalue weighted by molar-refractivity contribution is 5.85. The van der Waals surface area contributed by atoms with Gasteiger partial charge in [0.1, 0.15) is 23.9 Å². The average Bonchev–Trinajstić information content (AvgIpc) is 3.38. The molecule has 134 valence electrons. The van der Waals surface area contributed by atoms with Gasteiger partial charge < -0.3 is 10.2 Å². The van der Waals surface area contributed by atoms with Crippen LogP contribution in [0.3, 0.4) is 0 Å². The Balaban J connectivity index is 1.48. The Morgan fingerprint density at radius 3 is 2.85 bits per heavy atom. The van der Waals surface area contributed by atoms with Gasteiger partial charge in [-0.3, -0.25) is 5.10 Å². The molecule has 2 aliphatic heterocycles. The fourth-order valence-corrected chi connectivity index (χ4v) is 4.35. The molecule has 4 aliphatic rings. The van der Waals surface area contributed by atoms with Gasteiger partial charge in [0.05, 0.1) is 12.2 Å². The molecule has 8 nitrogen and oxygen atoms in total. The number of aromatic nitrogens is 6. The molecule has 0 aromatic carbocycles. The van der Waals surface area contributed by atoms with Crippen molar-refractivity contribution in [3.8, 4) is 11.3 Å². The van der Waals surface area contributed by atoms with Gasteiger partial charge >= 0.3 is 0 Å². The second kappa shape index (κ2) is 5.15. The summed E-state index contributed by atoms with van der Waals surface area (Å²) in [4.78, 5) is 11.8. The second-order valence-corrected chi connectivity index (χ2v) is 7.62. The van der Waals surface area contributed by atoms with E-state index in [1.807, 2.05) is 6.20 Å². The van der Waals surface area contributed by atoms with Gasteiger partial charge in [0.2, 0.25) is 5.95 Å². The Kier molecular flexibility index (Phi) is 2.86. The van der Waals surface area contributed by atoms with Gasteiger partial charge in [-0.05, 0) is 31.6 Å². The molecular formula is C17H19FN8. The van der Waals surface area contributed by atoms with Crippen molar-refractivity contribution >= 4 is 17.3 Å². The van der Waals surface area contributed by atoms with Crippen LogP contribution in [-0.4, -0.2) is 54.6 Å². The van der Waals surface area contributed by atoms with Crippen molar-refractivity contribution < 1.29 is 4.39 Å². The lowest BCUT2D eigenvalue weighted by Crippen LogP contribution is -2.40. The summed E-state index contributed by atoms with van der Waals surface area (Å²) in [6, 6.07) is 0.366. The van der Waals surface area contributed by atoms with E-state index in [0.29, 0.717) is 18.4 Å². The molecular weight excluding hydrogens is 335 g/mol. The molecule has 2 saturated carbocycles. The van der Waals surface area contributed by atoms with Crippen LogP contribution >= 0.6 is 0 Å². The van der Waals surface area contributed by atoms with Gasteiger partial charge in [0, 0.05) is 24.3 Å². The largest absolute Gasteiger partial charge is 0.363 e. The average molecular weight is 354 g/mol. The Hall–Kier alpha value is -2.71. The number of alkyl halides is 1. The van der Waals surface area contributed by atoms with E-state index in [9.17, 15) is 4.39 Å². The Morgan fingerprint density at radius 2 is 2.19 bits per heavy atom. The Bertz CT molecular complexity index is 961. The van der Waals surface area contributed by atoms with Crippen LogP contribution in [0, 0.1) is 5.92 Å². The van der Waals surface area contributed by atoms with Crippen molar-refractivity contribution in [3.63, 3.8) is 0 Å². The van der Waals surface area contributed by atoms with E-state index in [1.54, 1.807) is 17.0 Å². The number of hydrogen-bond donors (Lipinski definition) is 2. The van der Waals surface area contributed by atoms with Crippen molar-refractivity contribution in [3.05, 3.63) is 18.7 Å². The number of halogens is 1. The van der Waals surface area contributed by atoms with E-state index >= 15 is 0 Å². The fraction of sp³-hybridized carbons (Fsp3) is 0.529. The van der Waals surface area contributed by atoms with Crippen LogP contribution in [0.2, 0.25) is 0 Å². The number of aromatic amines is 1. The minimum atomic E-state index is -0.813. The van der Waals surface area contributed by atoms with Crippen LogP contribution < -0.4 is 10.2 Å². The van der Waals surface area contributed by atoms with Crippen LogP contribution in [0.25, 0.3) is 16.9 Å². The van der Waals surface area contributed by atoms with E-state index in [4.69, 9.17) is 4.98 Å². The maximum atomic E-state index is 13.6. The zero-order valence-corrected chi connectivity index (χ0v) is 14.1. The maximum absolute atomic E-state index is 13.6. The van der Waals surface area contributed by atoms with Crippen molar-refractivity contribution in [1.82, 2.24) is 29.8 Å². The van der Waals surface area contributed by atoms with Crippen LogP contribution in [0.5, 0.6) is 0 Å². The third-order valence-electron chi connectivity index (χ3n) is 6.03. The normalized spacial score (nSPS) is 29.7. The zero-order valence-electron chi connectivity index (χ0n) is 14.1. The summed E-state index contributed by atoms with van der Waals surface area (Å²) in [5.74, 6) is 1.23. The van der Waals surface area contributed by atoms with Gasteiger partial charge in [-0.15, -0.1) is 5.10 Å². The van der Waals surface area contributed by atoms with Gasteiger partial charge in [-0.1, -0.05) is 0 Å². The van der Waals surface area contributed by atoms with Crippen LogP contribution in [0.15, 0.2) is 18.7 Å². The molecule has 2 bridgehead atoms. The lowest BCUT2D eigenvalue weighted by atomic mass is 9.86. The summed E-state index contributed by atoms with van der Waals surface area (Å²) in [5, 5.41) is 14.5. The highest BCUT2D eigenvalue weighted by Gasteiger charge is 2.44. The first-order valence-electron chi connectivity index (χ1n) is 9.18. The summed E-state index contributed by atoms with van der Waals surface area (Å²) < 4.78 is 15.3. The monoisotopic (exact) mass is 354 g/mol. The summed E-state index contributed by atoms with van der Waals surface area (Å²) >= 11 is 0. The smallest absolute Gasteiger partial charge is 0.243 e. The number of nitrogens with one attached hydrogen (secondary N) is 2. The van der Waals surface area contributed by atoms with Crippen molar-refractivity contribution in [2.75, 3.05) is 16.8 Å². The van der Waals surface area contributed by atoms with Gasteiger partial charge in [0.25, 0.3) is 0 Å². The summed E-state index contributed by atoms with van der Waals surface area (Å²) in [5.41, 5.74) is 3.57. The molecule has 7 rings (SSSR count). The van der Waals surface area contributed by atoms with E-state index < -0.39 is 6.17 Å². The van der Waals surface area contributed by atoms with E-state index in [-0.39, 0.29) is 6.04 Å². The lowest BCUT2D eigenvalue weighted by molar-refractivity contribution is 0.186. The summed E-state index contributed by atoms with van der Waals surface area (Å²) in [7, 11) is 0. The molecule has 2 N–H and O–H groups in total. The first-order chi connectivity index (χ1) is 12.8. The van der Waals surface area contributed by atoms with Crippen LogP contribution in [-0.2, 0) is 0 Å². The maximum Gasteiger partial charge on any atom is 0.243 e. The Morgan fingerprint density at radius 1 is 1.27 bits per heavy atom. The van der Waals surface area contributed by atoms with Crippen LogP contribution in [0.1, 0.15) is 25.7 Å². The second-order valence-electron chi connectivity index (χ2n) is 7.62. The molecule has 26 heavy (non-hydrogen) atoms. The van der Waals surface area contributed by atoms with Crippen molar-refractivity contribution in [2.24, 2.45) is 5.92 Å². The quantitative estimate of drug-likeness (QED) is 0.745. The summed E-state index contributed by atoms with van der Waals surface area (Å²) in [6.45, 7) is 1.03. The van der Waals surface area contributed by atoms with Crippen molar-refractivity contribution in [2.45, 2.75) is 43.9 Å². The number of anilines is 2. The molecule has 4 fully saturated rings. The molecule has 2 aliphatic carbocycles. The van der Waals surface area contributed by atoms with E-state index in [2.05, 4.69) is 30.5 Å². The molecule has 2 atom stereocenters. The molecule has 3 aromatic heterocycles. The first-order valence-corrected chi connectivity index (χ1v) is 9.18. The molecule has 0 unspecified atom stereocenters. The highest BCUT2D eigenvalue weighted by Crippen LogP contribution is 2.46. The predicted molar refractivity (Wildman–Crippen MR) is 93.8 cm³/mol. The number of hydrogen-bond acceptors (Lipinski definition) is 6. The number of fused-ring (bicyclic) bond motifs is 2. The summed E-state index contributed by atoms with van der Waals surface area (Å²) in [6.07, 6.45) is 8.38. The van der Waals surface area contributed by atoms with Gasteiger partial charge in [-0.25, -0.2) is 9.37 Å². The SMILES string of the molecule is F[C@@H]1CC[C@H]1Nc1nc2c(N3CC4CC3C4)c(-c3cn[nH]c3)ncn2n1. The first kappa shape index (κ1) is 14.5. The van der Waals surface area contributed by atoms with Crippen molar-refractivity contribution in [1.29, 1.82) is 0 Å². The highest BCUT2D eigenvalue weighted by atomic mass is 19.1. The zero-order chi connectivity index (χ0) is 17.3. The Labute approximate surface area is 148 Å². The standard InChI is InChI=1S/C17H19FN8/c18-12-1-2-13(12)22-17-23-16-15(25-7-9-3-11(25)4-9)14(10-5-20-21-6-10)19-8-26(16)24-17/h5-6,8-9,11-13H,1-4,7H2,(H,20,21)(H,22,24)/t9?,11?,12-,13-/m1/s1. The van der Waals surface area contributed by atoms with Crippen LogP contribution in [0.4, 0.5) is 16.0 Å². The third kappa shape index (κ3) is 1.99. The molecule has 0 radical (unpaired) electrons. The topological polar surface area (TPSA) is 87.0 Å².